The first-order chi connectivity index (χ1) is 21.0. The zero-order valence-electron chi connectivity index (χ0n) is 26.5. The molecule has 4 N–H and O–H groups in total. The molecule has 0 saturated carbocycles. The second-order valence-electron chi connectivity index (χ2n) is 11.8. The van der Waals surface area contributed by atoms with Crippen LogP contribution in [0, 0.1) is 0 Å². The van der Waals surface area contributed by atoms with Crippen molar-refractivity contribution in [2.75, 3.05) is 26.3 Å². The first-order valence-corrected chi connectivity index (χ1v) is 14.3. The van der Waals surface area contributed by atoms with E-state index in [-0.39, 0.29) is 55.7 Å². The van der Waals surface area contributed by atoms with Gasteiger partial charge in [-0.25, -0.2) is 9.59 Å². The average molecular weight is 627 g/mol. The van der Waals surface area contributed by atoms with Gasteiger partial charge in [-0.05, 0) is 89.1 Å². The highest BCUT2D eigenvalue weighted by Gasteiger charge is 2.16. The third-order valence-electron chi connectivity index (χ3n) is 5.29. The van der Waals surface area contributed by atoms with Crippen molar-refractivity contribution in [3.63, 3.8) is 0 Å². The summed E-state index contributed by atoms with van der Waals surface area (Å²) in [5, 5.41) is 25.5. The lowest BCUT2D eigenvalue weighted by molar-refractivity contribution is -0.121. The smallest absolute Gasteiger partial charge is 0.407 e. The van der Waals surface area contributed by atoms with E-state index in [1.54, 1.807) is 53.7 Å². The highest BCUT2D eigenvalue weighted by atomic mass is 16.6. The van der Waals surface area contributed by atoms with Gasteiger partial charge in [0.25, 0.3) is 0 Å². The SMILES string of the molecule is CC(C)(C)OC(=O)NCCOc1ccc(C=CC(=O)CC(=O)C=Cc2ccc(OCCNC(=O)OC(C)(C)C)c(O)c2)cc1O. The van der Waals surface area contributed by atoms with Gasteiger partial charge in [0.1, 0.15) is 24.4 Å². The lowest BCUT2D eigenvalue weighted by Gasteiger charge is -2.19. The molecule has 0 heterocycles. The van der Waals surface area contributed by atoms with Crippen molar-refractivity contribution in [2.45, 2.75) is 59.2 Å². The van der Waals surface area contributed by atoms with Crippen molar-refractivity contribution in [1.29, 1.82) is 0 Å². The molecule has 2 aromatic rings. The molecular weight excluding hydrogens is 584 g/mol. The molecular formula is C33H42N2O10. The molecule has 12 heteroatoms. The van der Waals surface area contributed by atoms with E-state index in [2.05, 4.69) is 10.6 Å². The van der Waals surface area contributed by atoms with E-state index in [4.69, 9.17) is 18.9 Å². The summed E-state index contributed by atoms with van der Waals surface area (Å²) in [6.45, 7) is 11.1. The molecule has 0 spiro atoms. The summed E-state index contributed by atoms with van der Waals surface area (Å²) in [5.41, 5.74) is -0.193. The number of aromatic hydroxyl groups is 2. The third-order valence-corrected chi connectivity index (χ3v) is 5.29. The molecule has 0 aliphatic rings. The third kappa shape index (κ3) is 15.3. The van der Waals surface area contributed by atoms with Crippen LogP contribution in [0.4, 0.5) is 9.59 Å². The summed E-state index contributed by atoms with van der Waals surface area (Å²) in [4.78, 5) is 47.9. The van der Waals surface area contributed by atoms with E-state index >= 15 is 0 Å². The fourth-order valence-electron chi connectivity index (χ4n) is 3.44. The van der Waals surface area contributed by atoms with Crippen molar-refractivity contribution in [2.24, 2.45) is 0 Å². The molecule has 0 aliphatic carbocycles. The predicted molar refractivity (Wildman–Crippen MR) is 168 cm³/mol. The Balaban J connectivity index is 1.77. The van der Waals surface area contributed by atoms with E-state index in [0.29, 0.717) is 11.1 Å². The van der Waals surface area contributed by atoms with Gasteiger partial charge in [0.05, 0.1) is 19.5 Å². The Morgan fingerprint density at radius 1 is 0.667 bits per heavy atom. The van der Waals surface area contributed by atoms with Gasteiger partial charge in [-0.2, -0.15) is 0 Å². The van der Waals surface area contributed by atoms with Gasteiger partial charge in [-0.1, -0.05) is 24.3 Å². The number of hydrogen-bond donors (Lipinski definition) is 4. The highest BCUT2D eigenvalue weighted by molar-refractivity contribution is 6.10. The molecule has 0 saturated heterocycles. The Morgan fingerprint density at radius 2 is 1.04 bits per heavy atom. The molecule has 0 bridgehead atoms. The van der Waals surface area contributed by atoms with Crippen molar-refractivity contribution < 1.29 is 48.3 Å². The van der Waals surface area contributed by atoms with Crippen molar-refractivity contribution in [3.05, 3.63) is 59.7 Å². The molecule has 244 valence electrons. The van der Waals surface area contributed by atoms with Crippen LogP contribution in [0.5, 0.6) is 23.0 Å². The van der Waals surface area contributed by atoms with Crippen LogP contribution in [0.2, 0.25) is 0 Å². The second-order valence-corrected chi connectivity index (χ2v) is 11.8. The second kappa shape index (κ2) is 16.7. The van der Waals surface area contributed by atoms with E-state index in [1.807, 2.05) is 0 Å². The van der Waals surface area contributed by atoms with Gasteiger partial charge in [-0.15, -0.1) is 0 Å². The number of carbonyl (C=O) groups excluding carboxylic acids is 4. The number of benzene rings is 2. The Labute approximate surface area is 263 Å². The van der Waals surface area contributed by atoms with Crippen molar-refractivity contribution in [3.8, 4) is 23.0 Å². The van der Waals surface area contributed by atoms with E-state index in [1.165, 1.54) is 48.6 Å². The number of hydrogen-bond acceptors (Lipinski definition) is 10. The number of allylic oxidation sites excluding steroid dienone is 2. The molecule has 0 radical (unpaired) electrons. The largest absolute Gasteiger partial charge is 0.504 e. The number of phenolic OH excluding ortho intramolecular Hbond substituents is 2. The van der Waals surface area contributed by atoms with Crippen LogP contribution >= 0.6 is 0 Å². The maximum atomic E-state index is 12.3. The number of phenols is 2. The molecule has 0 unspecified atom stereocenters. The predicted octanol–water partition coefficient (Wildman–Crippen LogP) is 5.16. The van der Waals surface area contributed by atoms with E-state index in [9.17, 15) is 29.4 Å². The normalized spacial score (nSPS) is 11.7. The number of amides is 2. The van der Waals surface area contributed by atoms with E-state index in [0.717, 1.165) is 0 Å². The zero-order chi connectivity index (χ0) is 33.6. The fourth-order valence-corrected chi connectivity index (χ4v) is 3.44. The number of nitrogens with one attached hydrogen (secondary N) is 2. The van der Waals surface area contributed by atoms with Crippen LogP contribution in [-0.2, 0) is 19.1 Å². The minimum Gasteiger partial charge on any atom is -0.504 e. The minimum absolute atomic E-state index is 0.0999. The summed E-state index contributed by atoms with van der Waals surface area (Å²) in [6.07, 6.45) is 3.89. The molecule has 45 heavy (non-hydrogen) atoms. The summed E-state index contributed by atoms with van der Waals surface area (Å²) >= 11 is 0. The van der Waals surface area contributed by atoms with Gasteiger partial charge in [0.2, 0.25) is 0 Å². The summed E-state index contributed by atoms with van der Waals surface area (Å²) in [7, 11) is 0. The number of rotatable bonds is 14. The monoisotopic (exact) mass is 626 g/mol. The summed E-state index contributed by atoms with van der Waals surface area (Å²) < 4.78 is 21.2. The van der Waals surface area contributed by atoms with Gasteiger partial charge in [0, 0.05) is 0 Å². The minimum atomic E-state index is -0.612. The van der Waals surface area contributed by atoms with Crippen molar-refractivity contribution in [1.82, 2.24) is 10.6 Å². The van der Waals surface area contributed by atoms with Gasteiger partial charge in [-0.3, -0.25) is 9.59 Å². The first-order valence-electron chi connectivity index (χ1n) is 14.3. The molecule has 0 atom stereocenters. The molecule has 0 aliphatic heterocycles. The van der Waals surface area contributed by atoms with Gasteiger partial charge >= 0.3 is 12.2 Å². The molecule has 0 fully saturated rings. The topological polar surface area (TPSA) is 170 Å². The fraction of sp³-hybridized carbons (Fsp3) is 0.394. The Bertz CT molecular complexity index is 1300. The summed E-state index contributed by atoms with van der Waals surface area (Å²) in [6, 6.07) is 9.10. The standard InChI is InChI=1S/C33H42N2O10/c1-32(2,3)44-30(40)34-15-17-42-28-13-9-22(19-26(28)38)7-11-24(36)21-25(37)12-8-23-10-14-29(27(39)20-23)43-18-16-35-31(41)45-33(4,5)6/h7-14,19-20,38-39H,15-18,21H2,1-6H3,(H,34,40)(H,35,41). The molecule has 0 aromatic heterocycles. The molecule has 12 nitrogen and oxygen atoms in total. The zero-order valence-corrected chi connectivity index (χ0v) is 26.5. The van der Waals surface area contributed by atoms with Crippen LogP contribution in [0.25, 0.3) is 12.2 Å². The number of ether oxygens (including phenoxy) is 4. The maximum Gasteiger partial charge on any atom is 0.407 e. The molecule has 2 aromatic carbocycles. The van der Waals surface area contributed by atoms with Gasteiger partial charge < -0.3 is 39.8 Å². The molecule has 2 amide bonds. The Hall–Kier alpha value is -5.00. The lowest BCUT2D eigenvalue weighted by atomic mass is 10.1. The average Bonchev–Trinajstić information content (AvgIpc) is 2.91. The summed E-state index contributed by atoms with van der Waals surface area (Å²) in [5.74, 6) is -0.791. The van der Waals surface area contributed by atoms with Crippen molar-refractivity contribution >= 4 is 35.9 Å². The lowest BCUT2D eigenvalue weighted by Crippen LogP contribution is -2.34. The van der Waals surface area contributed by atoms with E-state index < -0.39 is 35.0 Å². The number of carbonyl (C=O) groups is 4. The Morgan fingerprint density at radius 3 is 1.38 bits per heavy atom. The highest BCUT2D eigenvalue weighted by Crippen LogP contribution is 2.28. The maximum absolute atomic E-state index is 12.3. The number of alkyl carbamates (subject to hydrolysis) is 2. The van der Waals surface area contributed by atoms with Crippen LogP contribution in [-0.4, -0.2) is 71.5 Å². The Kier molecular flexibility index (Phi) is 13.5. The first kappa shape index (κ1) is 36.2. The van der Waals surface area contributed by atoms with Crippen LogP contribution in [0.3, 0.4) is 0 Å². The quantitative estimate of drug-likeness (QED) is 0.125. The van der Waals surface area contributed by atoms with Crippen LogP contribution < -0.4 is 20.1 Å². The van der Waals surface area contributed by atoms with Gasteiger partial charge in [0.15, 0.2) is 34.6 Å². The number of ketones is 2. The van der Waals surface area contributed by atoms with Crippen LogP contribution in [0.1, 0.15) is 59.1 Å². The van der Waals surface area contributed by atoms with Crippen LogP contribution in [0.15, 0.2) is 48.6 Å². The molecule has 2 rings (SSSR count).